The van der Waals surface area contributed by atoms with Crippen LogP contribution in [0.5, 0.6) is 11.5 Å². The van der Waals surface area contributed by atoms with Crippen molar-refractivity contribution in [1.29, 1.82) is 0 Å². The van der Waals surface area contributed by atoms with Gasteiger partial charge in [0.2, 0.25) is 0 Å². The van der Waals surface area contributed by atoms with Gasteiger partial charge in [-0.1, -0.05) is 0 Å². The van der Waals surface area contributed by atoms with Crippen LogP contribution >= 0.6 is 0 Å². The van der Waals surface area contributed by atoms with Crippen molar-refractivity contribution < 1.29 is 9.84 Å². The molecule has 0 aliphatic carbocycles. The van der Waals surface area contributed by atoms with Gasteiger partial charge < -0.3 is 9.84 Å². The molecule has 0 bridgehead atoms. The lowest BCUT2D eigenvalue weighted by Crippen LogP contribution is -2.20. The summed E-state index contributed by atoms with van der Waals surface area (Å²) in [5.74, 6) is 0.990. The Morgan fingerprint density at radius 1 is 1.38 bits per heavy atom. The van der Waals surface area contributed by atoms with E-state index in [0.717, 1.165) is 34.3 Å². The molecule has 82 valence electrons. The molecule has 1 N–H and O–H groups in total. The average molecular weight is 215 g/mol. The van der Waals surface area contributed by atoms with Gasteiger partial charge in [-0.05, 0) is 31.4 Å². The molecule has 1 aromatic carbocycles. The van der Waals surface area contributed by atoms with E-state index in [1.807, 2.05) is 19.9 Å². The Kier molecular flexibility index (Phi) is 1.84. The Hall–Kier alpha value is -1.77. The van der Waals surface area contributed by atoms with Crippen molar-refractivity contribution in [3.8, 4) is 11.5 Å². The number of phenolic OH excluding ortho intramolecular Hbond substituents is 1. The highest BCUT2D eigenvalue weighted by Crippen LogP contribution is 2.37. The number of rotatable bonds is 0. The van der Waals surface area contributed by atoms with E-state index in [2.05, 4.69) is 4.98 Å². The summed E-state index contributed by atoms with van der Waals surface area (Å²) in [5, 5.41) is 11.7. The number of aromatic nitrogens is 1. The van der Waals surface area contributed by atoms with Crippen LogP contribution in [-0.2, 0) is 6.42 Å². The molecule has 1 aliphatic heterocycles. The number of phenols is 1. The van der Waals surface area contributed by atoms with E-state index in [1.54, 1.807) is 12.1 Å². The predicted molar refractivity (Wildman–Crippen MR) is 61.9 cm³/mol. The third kappa shape index (κ3) is 1.32. The second-order valence-corrected chi connectivity index (χ2v) is 4.38. The van der Waals surface area contributed by atoms with Gasteiger partial charge in [-0.15, -0.1) is 0 Å². The molecule has 0 spiro atoms. The Morgan fingerprint density at radius 3 is 3.00 bits per heavy atom. The molecule has 16 heavy (non-hydrogen) atoms. The van der Waals surface area contributed by atoms with Crippen LogP contribution in [-0.4, -0.2) is 16.2 Å². The molecule has 1 aliphatic rings. The Balaban J connectivity index is 2.41. The highest BCUT2D eigenvalue weighted by molar-refractivity contribution is 5.92. The van der Waals surface area contributed by atoms with Crippen LogP contribution in [0.3, 0.4) is 0 Å². The standard InChI is InChI=1S/C13H13NO2/c1-7-3-9-5-10(15)6-12-13(9)11(14-7)4-8(2)16-12/h3,5-6,8,15H,4H2,1-2H3/t8-/m0/s1. The summed E-state index contributed by atoms with van der Waals surface area (Å²) in [6, 6.07) is 5.40. The van der Waals surface area contributed by atoms with Crippen molar-refractivity contribution in [2.24, 2.45) is 0 Å². The van der Waals surface area contributed by atoms with Crippen molar-refractivity contribution in [1.82, 2.24) is 4.98 Å². The highest BCUT2D eigenvalue weighted by Gasteiger charge is 2.20. The van der Waals surface area contributed by atoms with E-state index >= 15 is 0 Å². The van der Waals surface area contributed by atoms with E-state index in [-0.39, 0.29) is 11.9 Å². The molecule has 3 rings (SSSR count). The maximum atomic E-state index is 9.63. The number of benzene rings is 1. The van der Waals surface area contributed by atoms with E-state index in [9.17, 15) is 5.11 Å². The first-order valence-corrected chi connectivity index (χ1v) is 5.43. The van der Waals surface area contributed by atoms with E-state index < -0.39 is 0 Å². The fourth-order valence-electron chi connectivity index (χ4n) is 2.34. The van der Waals surface area contributed by atoms with Crippen LogP contribution in [0.15, 0.2) is 18.2 Å². The molecule has 2 aromatic rings. The molecule has 3 heteroatoms. The van der Waals surface area contributed by atoms with Gasteiger partial charge >= 0.3 is 0 Å². The average Bonchev–Trinajstić information content (AvgIpc) is 2.14. The van der Waals surface area contributed by atoms with Crippen LogP contribution in [0, 0.1) is 6.92 Å². The predicted octanol–water partition coefficient (Wildman–Crippen LogP) is 2.57. The number of aryl methyl sites for hydroxylation is 1. The van der Waals surface area contributed by atoms with Crippen molar-refractivity contribution in [3.63, 3.8) is 0 Å². The van der Waals surface area contributed by atoms with Gasteiger partial charge in [0, 0.05) is 23.6 Å². The molecule has 0 radical (unpaired) electrons. The fourth-order valence-corrected chi connectivity index (χ4v) is 2.34. The van der Waals surface area contributed by atoms with Crippen molar-refractivity contribution >= 4 is 10.8 Å². The van der Waals surface area contributed by atoms with Crippen LogP contribution in [0.1, 0.15) is 18.3 Å². The van der Waals surface area contributed by atoms with Gasteiger partial charge in [0.25, 0.3) is 0 Å². The molecule has 0 saturated heterocycles. The molecule has 0 unspecified atom stereocenters. The summed E-state index contributed by atoms with van der Waals surface area (Å²) >= 11 is 0. The summed E-state index contributed by atoms with van der Waals surface area (Å²) in [7, 11) is 0. The summed E-state index contributed by atoms with van der Waals surface area (Å²) in [5.41, 5.74) is 2.05. The minimum atomic E-state index is 0.117. The minimum Gasteiger partial charge on any atom is -0.508 e. The van der Waals surface area contributed by atoms with Gasteiger partial charge in [0.05, 0.1) is 5.69 Å². The zero-order valence-electron chi connectivity index (χ0n) is 9.32. The smallest absolute Gasteiger partial charge is 0.133 e. The molecular formula is C13H13NO2. The Labute approximate surface area is 93.7 Å². The third-order valence-electron chi connectivity index (χ3n) is 2.89. The molecule has 0 fully saturated rings. The number of hydrogen-bond donors (Lipinski definition) is 1. The van der Waals surface area contributed by atoms with Crippen molar-refractivity contribution in [2.45, 2.75) is 26.4 Å². The largest absolute Gasteiger partial charge is 0.508 e. The maximum absolute atomic E-state index is 9.63. The number of ether oxygens (including phenoxy) is 1. The van der Waals surface area contributed by atoms with Gasteiger partial charge in [0.1, 0.15) is 17.6 Å². The molecule has 1 atom stereocenters. The fraction of sp³-hybridized carbons (Fsp3) is 0.308. The van der Waals surface area contributed by atoms with Gasteiger partial charge in [0.15, 0.2) is 0 Å². The Morgan fingerprint density at radius 2 is 2.19 bits per heavy atom. The summed E-state index contributed by atoms with van der Waals surface area (Å²) in [6.07, 6.45) is 0.947. The van der Waals surface area contributed by atoms with Crippen LogP contribution in [0.25, 0.3) is 10.8 Å². The SMILES string of the molecule is Cc1cc2cc(O)cc3c2c(n1)C[C@H](C)O3. The maximum Gasteiger partial charge on any atom is 0.133 e. The van der Waals surface area contributed by atoms with Crippen LogP contribution in [0.2, 0.25) is 0 Å². The zero-order valence-corrected chi connectivity index (χ0v) is 9.32. The second kappa shape index (κ2) is 3.11. The van der Waals surface area contributed by atoms with E-state index in [1.165, 1.54) is 0 Å². The second-order valence-electron chi connectivity index (χ2n) is 4.38. The zero-order chi connectivity index (χ0) is 11.3. The number of hydrogen-bond acceptors (Lipinski definition) is 3. The lowest BCUT2D eigenvalue weighted by Gasteiger charge is -2.23. The van der Waals surface area contributed by atoms with Gasteiger partial charge in [-0.2, -0.15) is 0 Å². The molecule has 0 amide bonds. The van der Waals surface area contributed by atoms with Crippen molar-refractivity contribution in [3.05, 3.63) is 29.6 Å². The lowest BCUT2D eigenvalue weighted by atomic mass is 10.0. The highest BCUT2D eigenvalue weighted by atomic mass is 16.5. The first-order valence-electron chi connectivity index (χ1n) is 5.43. The topological polar surface area (TPSA) is 42.4 Å². The van der Waals surface area contributed by atoms with Crippen molar-refractivity contribution in [2.75, 3.05) is 0 Å². The lowest BCUT2D eigenvalue weighted by molar-refractivity contribution is 0.216. The molecule has 3 nitrogen and oxygen atoms in total. The number of aromatic hydroxyl groups is 1. The normalized spacial score (nSPS) is 18.5. The Bertz CT molecular complexity index is 531. The molecular weight excluding hydrogens is 202 g/mol. The summed E-state index contributed by atoms with van der Waals surface area (Å²) in [6.45, 7) is 3.99. The van der Waals surface area contributed by atoms with Crippen LogP contribution in [0.4, 0.5) is 0 Å². The van der Waals surface area contributed by atoms with Gasteiger partial charge in [-0.25, -0.2) is 0 Å². The van der Waals surface area contributed by atoms with E-state index in [4.69, 9.17) is 4.74 Å². The number of nitrogens with zero attached hydrogens (tertiary/aromatic N) is 1. The van der Waals surface area contributed by atoms with E-state index in [0.29, 0.717) is 0 Å². The van der Waals surface area contributed by atoms with Gasteiger partial charge in [-0.3, -0.25) is 4.98 Å². The minimum absolute atomic E-state index is 0.117. The summed E-state index contributed by atoms with van der Waals surface area (Å²) < 4.78 is 5.72. The summed E-state index contributed by atoms with van der Waals surface area (Å²) in [4.78, 5) is 4.55. The molecule has 0 saturated carbocycles. The third-order valence-corrected chi connectivity index (χ3v) is 2.89. The molecule has 1 aromatic heterocycles. The monoisotopic (exact) mass is 215 g/mol. The first kappa shape index (κ1) is 9.46. The van der Waals surface area contributed by atoms with Crippen LogP contribution < -0.4 is 4.74 Å². The first-order chi connectivity index (χ1) is 7.63. The number of pyridine rings is 1. The quantitative estimate of drug-likeness (QED) is 0.734. The molecule has 2 heterocycles.